The first-order chi connectivity index (χ1) is 14.1. The van der Waals surface area contributed by atoms with E-state index in [1.165, 1.54) is 67.6 Å². The van der Waals surface area contributed by atoms with Gasteiger partial charge in [-0.15, -0.1) is 0 Å². The van der Waals surface area contributed by atoms with Crippen molar-refractivity contribution in [1.29, 1.82) is 0 Å². The third-order valence-corrected chi connectivity index (χ3v) is 4.97. The highest BCUT2D eigenvalue weighted by molar-refractivity contribution is 7.89. The molecule has 0 aliphatic carbocycles. The van der Waals surface area contributed by atoms with E-state index in [2.05, 4.69) is 5.32 Å². The third-order valence-electron chi connectivity index (χ3n) is 4.04. The van der Waals surface area contributed by atoms with Gasteiger partial charge in [0.1, 0.15) is 11.6 Å². The number of halogens is 1. The minimum atomic E-state index is -3.84. The van der Waals surface area contributed by atoms with Crippen molar-refractivity contribution < 1.29 is 31.6 Å². The normalized spacial score (nSPS) is 12.2. The summed E-state index contributed by atoms with van der Waals surface area (Å²) in [6.07, 6.45) is -1.16. The molecule has 1 amide bonds. The van der Waals surface area contributed by atoms with Crippen molar-refractivity contribution in [2.75, 3.05) is 5.32 Å². The molecular weight excluding hydrogens is 415 g/mol. The van der Waals surface area contributed by atoms with Crippen LogP contribution in [-0.2, 0) is 19.6 Å². The van der Waals surface area contributed by atoms with Gasteiger partial charge in [-0.2, -0.15) is 0 Å². The molecule has 0 saturated heterocycles. The SMILES string of the molecule is C[C@@H](OC(=O)c1ccc(-c2ccc(F)cc2)o1)C(=O)Nc1ccc(S(N)(=O)=O)cc1. The Bertz CT molecular complexity index is 1170. The Morgan fingerprint density at radius 2 is 1.67 bits per heavy atom. The molecule has 0 bridgehead atoms. The minimum absolute atomic E-state index is 0.102. The molecule has 0 spiro atoms. The monoisotopic (exact) mass is 432 g/mol. The Kier molecular flexibility index (Phi) is 5.99. The highest BCUT2D eigenvalue weighted by Gasteiger charge is 2.22. The molecule has 1 atom stereocenters. The van der Waals surface area contributed by atoms with Crippen LogP contribution in [0.3, 0.4) is 0 Å². The number of hydrogen-bond acceptors (Lipinski definition) is 6. The van der Waals surface area contributed by atoms with Crippen molar-refractivity contribution in [3.63, 3.8) is 0 Å². The molecule has 2 aromatic carbocycles. The second-order valence-corrected chi connectivity index (χ2v) is 7.84. The van der Waals surface area contributed by atoms with Crippen LogP contribution < -0.4 is 10.5 Å². The Hall–Kier alpha value is -3.50. The van der Waals surface area contributed by atoms with Crippen molar-refractivity contribution in [3.8, 4) is 11.3 Å². The molecule has 0 unspecified atom stereocenters. The molecule has 3 N–H and O–H groups in total. The number of nitrogens with two attached hydrogens (primary N) is 1. The second-order valence-electron chi connectivity index (χ2n) is 6.28. The van der Waals surface area contributed by atoms with Gasteiger partial charge in [-0.1, -0.05) is 0 Å². The molecule has 10 heteroatoms. The Labute approximate surface area is 171 Å². The van der Waals surface area contributed by atoms with Crippen LogP contribution in [0, 0.1) is 5.82 Å². The van der Waals surface area contributed by atoms with Crippen LogP contribution >= 0.6 is 0 Å². The number of carbonyl (C=O) groups excluding carboxylic acids is 2. The van der Waals surface area contributed by atoms with E-state index in [1.807, 2.05) is 0 Å². The average Bonchev–Trinajstić information content (AvgIpc) is 3.18. The fraction of sp³-hybridized carbons (Fsp3) is 0.100. The van der Waals surface area contributed by atoms with Gasteiger partial charge in [0.2, 0.25) is 15.8 Å². The number of sulfonamides is 1. The Morgan fingerprint density at radius 3 is 2.27 bits per heavy atom. The van der Waals surface area contributed by atoms with Crippen LogP contribution in [0.2, 0.25) is 0 Å². The van der Waals surface area contributed by atoms with Gasteiger partial charge in [0.05, 0.1) is 4.90 Å². The number of anilines is 1. The van der Waals surface area contributed by atoms with Gasteiger partial charge in [0.15, 0.2) is 6.10 Å². The molecule has 1 aromatic heterocycles. The lowest BCUT2D eigenvalue weighted by Crippen LogP contribution is -2.29. The number of furan rings is 1. The van der Waals surface area contributed by atoms with Crippen molar-refractivity contribution in [2.45, 2.75) is 17.9 Å². The first-order valence-electron chi connectivity index (χ1n) is 8.64. The van der Waals surface area contributed by atoms with E-state index in [0.29, 0.717) is 17.0 Å². The predicted octanol–water partition coefficient (Wildman–Crippen LogP) is 2.92. The van der Waals surface area contributed by atoms with Crippen LogP contribution in [0.25, 0.3) is 11.3 Å². The number of benzene rings is 2. The molecule has 8 nitrogen and oxygen atoms in total. The molecule has 0 aliphatic heterocycles. The largest absolute Gasteiger partial charge is 0.449 e. The number of carbonyl (C=O) groups is 2. The van der Waals surface area contributed by atoms with Crippen molar-refractivity contribution in [2.24, 2.45) is 5.14 Å². The first kappa shape index (κ1) is 21.2. The number of rotatable bonds is 6. The summed E-state index contributed by atoms with van der Waals surface area (Å²) in [6, 6.07) is 13.6. The number of hydrogen-bond donors (Lipinski definition) is 2. The van der Waals surface area contributed by atoms with Gasteiger partial charge in [0.25, 0.3) is 5.91 Å². The van der Waals surface area contributed by atoms with Gasteiger partial charge in [-0.25, -0.2) is 22.7 Å². The van der Waals surface area contributed by atoms with E-state index >= 15 is 0 Å². The zero-order valence-corrected chi connectivity index (χ0v) is 16.5. The maximum absolute atomic E-state index is 13.0. The fourth-order valence-electron chi connectivity index (χ4n) is 2.46. The summed E-state index contributed by atoms with van der Waals surface area (Å²) in [6.45, 7) is 1.37. The summed E-state index contributed by atoms with van der Waals surface area (Å²) in [5, 5.41) is 7.51. The van der Waals surface area contributed by atoms with Crippen LogP contribution in [-0.4, -0.2) is 26.4 Å². The van der Waals surface area contributed by atoms with E-state index in [4.69, 9.17) is 14.3 Å². The zero-order chi connectivity index (χ0) is 21.9. The second kappa shape index (κ2) is 8.47. The van der Waals surface area contributed by atoms with E-state index in [-0.39, 0.29) is 10.7 Å². The predicted molar refractivity (Wildman–Crippen MR) is 105 cm³/mol. The Balaban J connectivity index is 1.61. The number of primary sulfonamides is 1. The topological polar surface area (TPSA) is 129 Å². The summed E-state index contributed by atoms with van der Waals surface area (Å²) in [7, 11) is -3.84. The van der Waals surface area contributed by atoms with Gasteiger partial charge in [0, 0.05) is 11.3 Å². The van der Waals surface area contributed by atoms with Gasteiger partial charge < -0.3 is 14.5 Å². The van der Waals surface area contributed by atoms with Crippen molar-refractivity contribution in [1.82, 2.24) is 0 Å². The zero-order valence-electron chi connectivity index (χ0n) is 15.7. The molecule has 156 valence electrons. The molecule has 0 fully saturated rings. The molecular formula is C20H17FN2O6S. The van der Waals surface area contributed by atoms with Gasteiger partial charge >= 0.3 is 5.97 Å². The number of esters is 1. The quantitative estimate of drug-likeness (QED) is 0.576. The molecule has 0 aliphatic rings. The van der Waals surface area contributed by atoms with Crippen LogP contribution in [0.1, 0.15) is 17.5 Å². The molecule has 1 heterocycles. The van der Waals surface area contributed by atoms with Crippen LogP contribution in [0.4, 0.5) is 10.1 Å². The number of ether oxygens (including phenoxy) is 1. The molecule has 0 radical (unpaired) electrons. The van der Waals surface area contributed by atoms with Gasteiger partial charge in [-0.05, 0) is 67.6 Å². The summed E-state index contributed by atoms with van der Waals surface area (Å²) in [5.74, 6) is -1.66. The first-order valence-corrected chi connectivity index (χ1v) is 10.2. The molecule has 0 saturated carbocycles. The number of nitrogens with one attached hydrogen (secondary N) is 1. The van der Waals surface area contributed by atoms with E-state index < -0.39 is 33.8 Å². The molecule has 3 aromatic rings. The van der Waals surface area contributed by atoms with E-state index in [0.717, 1.165) is 0 Å². The van der Waals surface area contributed by atoms with Gasteiger partial charge in [-0.3, -0.25) is 4.79 Å². The minimum Gasteiger partial charge on any atom is -0.449 e. The summed E-state index contributed by atoms with van der Waals surface area (Å²) in [5.41, 5.74) is 0.871. The van der Waals surface area contributed by atoms with E-state index in [9.17, 15) is 22.4 Å². The smallest absolute Gasteiger partial charge is 0.375 e. The maximum atomic E-state index is 13.0. The molecule has 30 heavy (non-hydrogen) atoms. The lowest BCUT2D eigenvalue weighted by atomic mass is 10.2. The summed E-state index contributed by atoms with van der Waals surface area (Å²) < 4.78 is 46.0. The number of amides is 1. The summed E-state index contributed by atoms with van der Waals surface area (Å²) >= 11 is 0. The summed E-state index contributed by atoms with van der Waals surface area (Å²) in [4.78, 5) is 24.3. The van der Waals surface area contributed by atoms with E-state index in [1.54, 1.807) is 0 Å². The van der Waals surface area contributed by atoms with Crippen molar-refractivity contribution in [3.05, 3.63) is 72.2 Å². The lowest BCUT2D eigenvalue weighted by molar-refractivity contribution is -0.123. The highest BCUT2D eigenvalue weighted by atomic mass is 32.2. The lowest BCUT2D eigenvalue weighted by Gasteiger charge is -2.13. The third kappa shape index (κ3) is 5.10. The maximum Gasteiger partial charge on any atom is 0.375 e. The molecule has 3 rings (SSSR count). The fourth-order valence-corrected chi connectivity index (χ4v) is 2.98. The van der Waals surface area contributed by atoms with Crippen LogP contribution in [0.5, 0.6) is 0 Å². The standard InChI is InChI=1S/C20H17FN2O6S/c1-12(19(24)23-15-6-8-16(9-7-15)30(22,26)27)28-20(25)18-11-10-17(29-18)13-2-4-14(21)5-3-13/h2-12H,1H3,(H,23,24)(H2,22,26,27)/t12-/m1/s1. The highest BCUT2D eigenvalue weighted by Crippen LogP contribution is 2.23. The van der Waals surface area contributed by atoms with Crippen LogP contribution in [0.15, 0.2) is 70.0 Å². The van der Waals surface area contributed by atoms with Crippen molar-refractivity contribution >= 4 is 27.6 Å². The Morgan fingerprint density at radius 1 is 1.03 bits per heavy atom. The average molecular weight is 432 g/mol.